The molecule has 2 aromatic rings. The number of ether oxygens (including phenoxy) is 2. The van der Waals surface area contributed by atoms with Gasteiger partial charge in [-0.2, -0.15) is 0 Å². The molecule has 1 N–H and O–H groups in total. The molecule has 0 saturated heterocycles. The molecule has 0 radical (unpaired) electrons. The number of amides is 1. The summed E-state index contributed by atoms with van der Waals surface area (Å²) in [5, 5.41) is 0.510. The molecule has 0 bridgehead atoms. The Bertz CT molecular complexity index is 985. The van der Waals surface area contributed by atoms with Gasteiger partial charge in [0.25, 0.3) is 10.0 Å². The lowest BCUT2D eigenvalue weighted by molar-refractivity contribution is -0.121. The van der Waals surface area contributed by atoms with Gasteiger partial charge in [0.1, 0.15) is 13.2 Å². The molecule has 136 valence electrons. The first-order valence-corrected chi connectivity index (χ1v) is 10.00. The summed E-state index contributed by atoms with van der Waals surface area (Å²) in [6.07, 6.45) is 1.16. The van der Waals surface area contributed by atoms with Crippen molar-refractivity contribution in [1.29, 1.82) is 0 Å². The molecule has 2 aromatic carbocycles. The SMILES string of the molecule is O=C(NS(=O)(=O)c1ccc2c(c1)OCCO2)C1(c2cccc(Cl)c2)CC1. The Balaban J connectivity index is 1.59. The van der Waals surface area contributed by atoms with Crippen LogP contribution >= 0.6 is 11.6 Å². The first-order valence-electron chi connectivity index (χ1n) is 8.14. The molecule has 2 aliphatic rings. The summed E-state index contributed by atoms with van der Waals surface area (Å²) in [5.74, 6) is 0.288. The van der Waals surface area contributed by atoms with Gasteiger partial charge in [-0.05, 0) is 42.7 Å². The van der Waals surface area contributed by atoms with Crippen LogP contribution in [0.5, 0.6) is 11.5 Å². The third-order valence-corrected chi connectivity index (χ3v) is 6.18. The van der Waals surface area contributed by atoms with E-state index in [0.29, 0.717) is 42.6 Å². The van der Waals surface area contributed by atoms with Crippen LogP contribution < -0.4 is 14.2 Å². The van der Waals surface area contributed by atoms with E-state index in [1.807, 2.05) is 0 Å². The smallest absolute Gasteiger partial charge is 0.264 e. The number of nitrogens with one attached hydrogen (secondary N) is 1. The Morgan fingerprint density at radius 1 is 1.04 bits per heavy atom. The number of fused-ring (bicyclic) bond motifs is 1. The van der Waals surface area contributed by atoms with Gasteiger partial charge >= 0.3 is 0 Å². The molecular formula is C18H16ClNO5S. The average molecular weight is 394 g/mol. The van der Waals surface area contributed by atoms with Crippen LogP contribution in [0.2, 0.25) is 5.02 Å². The minimum absolute atomic E-state index is 0.0444. The molecular weight excluding hydrogens is 378 g/mol. The van der Waals surface area contributed by atoms with Crippen LogP contribution in [-0.2, 0) is 20.2 Å². The van der Waals surface area contributed by atoms with E-state index in [9.17, 15) is 13.2 Å². The highest BCUT2D eigenvalue weighted by Gasteiger charge is 2.52. The molecule has 1 heterocycles. The van der Waals surface area contributed by atoms with Gasteiger partial charge in [0.2, 0.25) is 5.91 Å². The van der Waals surface area contributed by atoms with E-state index in [0.717, 1.165) is 5.56 Å². The Hall–Kier alpha value is -2.25. The maximum Gasteiger partial charge on any atom is 0.264 e. The second-order valence-corrected chi connectivity index (χ2v) is 8.45. The van der Waals surface area contributed by atoms with Crippen molar-refractivity contribution in [2.75, 3.05) is 13.2 Å². The maximum absolute atomic E-state index is 12.7. The van der Waals surface area contributed by atoms with Crippen LogP contribution in [0.15, 0.2) is 47.4 Å². The van der Waals surface area contributed by atoms with E-state index < -0.39 is 21.3 Å². The second kappa shape index (κ2) is 6.17. The van der Waals surface area contributed by atoms with E-state index in [2.05, 4.69) is 4.72 Å². The molecule has 0 unspecified atom stereocenters. The highest BCUT2D eigenvalue weighted by molar-refractivity contribution is 7.90. The van der Waals surface area contributed by atoms with Gasteiger partial charge in [-0.3, -0.25) is 4.79 Å². The molecule has 1 fully saturated rings. The number of carbonyl (C=O) groups excluding carboxylic acids is 1. The average Bonchev–Trinajstić information content (AvgIpc) is 3.43. The fraction of sp³-hybridized carbons (Fsp3) is 0.278. The summed E-state index contributed by atoms with van der Waals surface area (Å²) in [4.78, 5) is 12.7. The fourth-order valence-electron chi connectivity index (χ4n) is 3.03. The van der Waals surface area contributed by atoms with Gasteiger partial charge < -0.3 is 9.47 Å². The van der Waals surface area contributed by atoms with E-state index in [-0.39, 0.29) is 4.90 Å². The van der Waals surface area contributed by atoms with Crippen LogP contribution in [0, 0.1) is 0 Å². The predicted molar refractivity (Wildman–Crippen MR) is 95.1 cm³/mol. The lowest BCUT2D eigenvalue weighted by Crippen LogP contribution is -2.38. The van der Waals surface area contributed by atoms with Crippen LogP contribution in [0.4, 0.5) is 0 Å². The fourth-order valence-corrected chi connectivity index (χ4v) is 4.28. The molecule has 0 aromatic heterocycles. The van der Waals surface area contributed by atoms with Crippen molar-refractivity contribution in [2.45, 2.75) is 23.2 Å². The third kappa shape index (κ3) is 3.01. The topological polar surface area (TPSA) is 81.7 Å². The van der Waals surface area contributed by atoms with Gasteiger partial charge in [-0.25, -0.2) is 13.1 Å². The molecule has 1 saturated carbocycles. The minimum Gasteiger partial charge on any atom is -0.486 e. The number of halogens is 1. The van der Waals surface area contributed by atoms with Crippen molar-refractivity contribution < 1.29 is 22.7 Å². The van der Waals surface area contributed by atoms with Crippen LogP contribution in [0.1, 0.15) is 18.4 Å². The van der Waals surface area contributed by atoms with Crippen molar-refractivity contribution in [3.63, 3.8) is 0 Å². The molecule has 0 spiro atoms. The minimum atomic E-state index is -4.02. The number of benzene rings is 2. The predicted octanol–water partition coefficient (Wildman–Crippen LogP) is 2.65. The van der Waals surface area contributed by atoms with Gasteiger partial charge in [-0.15, -0.1) is 0 Å². The Kier molecular flexibility index (Phi) is 4.08. The Morgan fingerprint density at radius 2 is 1.77 bits per heavy atom. The zero-order valence-electron chi connectivity index (χ0n) is 13.7. The summed E-state index contributed by atoms with van der Waals surface area (Å²) in [6, 6.07) is 11.2. The van der Waals surface area contributed by atoms with Gasteiger partial charge in [0.05, 0.1) is 10.3 Å². The zero-order chi connectivity index (χ0) is 18.4. The summed E-state index contributed by atoms with van der Waals surface area (Å²) in [7, 11) is -4.02. The quantitative estimate of drug-likeness (QED) is 0.863. The van der Waals surface area contributed by atoms with E-state index in [4.69, 9.17) is 21.1 Å². The Morgan fingerprint density at radius 3 is 2.46 bits per heavy atom. The molecule has 1 aliphatic carbocycles. The first-order chi connectivity index (χ1) is 12.4. The number of rotatable bonds is 4. The van der Waals surface area contributed by atoms with Gasteiger partial charge in [-0.1, -0.05) is 23.7 Å². The molecule has 8 heteroatoms. The molecule has 0 atom stereocenters. The molecule has 1 aliphatic heterocycles. The van der Waals surface area contributed by atoms with Crippen molar-refractivity contribution in [3.05, 3.63) is 53.1 Å². The van der Waals surface area contributed by atoms with Crippen molar-refractivity contribution in [1.82, 2.24) is 4.72 Å². The van der Waals surface area contributed by atoms with E-state index in [1.165, 1.54) is 18.2 Å². The lowest BCUT2D eigenvalue weighted by Gasteiger charge is -2.19. The van der Waals surface area contributed by atoms with Crippen LogP contribution in [0.3, 0.4) is 0 Å². The lowest BCUT2D eigenvalue weighted by atomic mass is 9.95. The molecule has 6 nitrogen and oxygen atoms in total. The van der Waals surface area contributed by atoms with Gasteiger partial charge in [0, 0.05) is 11.1 Å². The summed E-state index contributed by atoms with van der Waals surface area (Å²) < 4.78 is 38.3. The normalized spacial score (nSPS) is 17.4. The number of sulfonamides is 1. The standard InChI is InChI=1S/C18H16ClNO5S/c19-13-3-1-2-12(10-13)18(6-7-18)17(21)20-26(22,23)14-4-5-15-16(11-14)25-9-8-24-15/h1-5,10-11H,6-9H2,(H,20,21). The zero-order valence-corrected chi connectivity index (χ0v) is 15.3. The maximum atomic E-state index is 12.7. The summed E-state index contributed by atoms with van der Waals surface area (Å²) >= 11 is 6.00. The van der Waals surface area contributed by atoms with Gasteiger partial charge in [0.15, 0.2) is 11.5 Å². The van der Waals surface area contributed by atoms with E-state index in [1.54, 1.807) is 24.3 Å². The van der Waals surface area contributed by atoms with Crippen LogP contribution in [-0.4, -0.2) is 27.5 Å². The Labute approximate surface area is 156 Å². The second-order valence-electron chi connectivity index (χ2n) is 6.33. The van der Waals surface area contributed by atoms with E-state index >= 15 is 0 Å². The largest absolute Gasteiger partial charge is 0.486 e. The summed E-state index contributed by atoms with van der Waals surface area (Å²) in [5.41, 5.74) is -0.119. The number of carbonyl (C=O) groups is 1. The highest BCUT2D eigenvalue weighted by atomic mass is 35.5. The number of hydrogen-bond acceptors (Lipinski definition) is 5. The van der Waals surface area contributed by atoms with Crippen molar-refractivity contribution in [3.8, 4) is 11.5 Å². The first kappa shape index (κ1) is 17.2. The molecule has 1 amide bonds. The summed E-state index contributed by atoms with van der Waals surface area (Å²) in [6.45, 7) is 0.763. The molecule has 26 heavy (non-hydrogen) atoms. The number of hydrogen-bond donors (Lipinski definition) is 1. The third-order valence-electron chi connectivity index (χ3n) is 4.61. The molecule has 4 rings (SSSR count). The highest BCUT2D eigenvalue weighted by Crippen LogP contribution is 2.49. The monoisotopic (exact) mass is 393 g/mol. The van der Waals surface area contributed by atoms with Crippen molar-refractivity contribution >= 4 is 27.5 Å². The van der Waals surface area contributed by atoms with Crippen molar-refractivity contribution in [2.24, 2.45) is 0 Å². The van der Waals surface area contributed by atoms with Crippen LogP contribution in [0.25, 0.3) is 0 Å².